The molecule has 0 unspecified atom stereocenters. The Balaban J connectivity index is 2.34. The molecule has 0 amide bonds. The van der Waals surface area contributed by atoms with Crippen LogP contribution in [0.2, 0.25) is 5.02 Å². The van der Waals surface area contributed by atoms with Crippen LogP contribution in [0.3, 0.4) is 0 Å². The van der Waals surface area contributed by atoms with E-state index in [1.807, 2.05) is 22.8 Å². The normalized spacial score (nSPS) is 11.2. The third-order valence-corrected chi connectivity index (χ3v) is 4.17. The second kappa shape index (κ2) is 5.50. The van der Waals surface area contributed by atoms with Gasteiger partial charge in [0.15, 0.2) is 0 Å². The SMILES string of the molecule is Fc1ccc2c(c1)nc(CCl)n2-c1ccc(I)cc1Cl. The molecule has 0 atom stereocenters. The third kappa shape index (κ3) is 2.40. The van der Waals surface area contributed by atoms with Crippen molar-refractivity contribution in [2.45, 2.75) is 5.88 Å². The maximum absolute atomic E-state index is 13.3. The minimum atomic E-state index is -0.322. The van der Waals surface area contributed by atoms with E-state index in [1.54, 1.807) is 6.07 Å². The van der Waals surface area contributed by atoms with Crippen molar-refractivity contribution >= 4 is 56.8 Å². The summed E-state index contributed by atoms with van der Waals surface area (Å²) in [6, 6.07) is 10.2. The Labute approximate surface area is 138 Å². The highest BCUT2D eigenvalue weighted by Crippen LogP contribution is 2.29. The first-order valence-electron chi connectivity index (χ1n) is 5.78. The molecule has 0 aliphatic rings. The van der Waals surface area contributed by atoms with Gasteiger partial charge in [-0.2, -0.15) is 0 Å². The van der Waals surface area contributed by atoms with Crippen molar-refractivity contribution in [2.24, 2.45) is 0 Å². The van der Waals surface area contributed by atoms with Crippen molar-refractivity contribution in [2.75, 3.05) is 0 Å². The zero-order valence-electron chi connectivity index (χ0n) is 10.1. The number of aromatic nitrogens is 2. The van der Waals surface area contributed by atoms with Gasteiger partial charge in [-0.05, 0) is 52.9 Å². The van der Waals surface area contributed by atoms with Gasteiger partial charge in [-0.25, -0.2) is 9.37 Å². The summed E-state index contributed by atoms with van der Waals surface area (Å²) in [6.45, 7) is 0. The number of benzene rings is 2. The van der Waals surface area contributed by atoms with Gasteiger partial charge in [-0.1, -0.05) is 11.6 Å². The molecule has 3 aromatic rings. The van der Waals surface area contributed by atoms with E-state index in [0.717, 1.165) is 14.8 Å². The number of halogens is 4. The highest BCUT2D eigenvalue weighted by Gasteiger charge is 2.14. The van der Waals surface area contributed by atoms with Crippen molar-refractivity contribution in [3.63, 3.8) is 0 Å². The van der Waals surface area contributed by atoms with E-state index in [1.165, 1.54) is 12.1 Å². The maximum atomic E-state index is 13.3. The minimum absolute atomic E-state index is 0.221. The van der Waals surface area contributed by atoms with Crippen LogP contribution < -0.4 is 0 Å². The van der Waals surface area contributed by atoms with Crippen LogP contribution in [0.4, 0.5) is 4.39 Å². The van der Waals surface area contributed by atoms with Crippen LogP contribution in [0, 0.1) is 9.39 Å². The van der Waals surface area contributed by atoms with E-state index < -0.39 is 0 Å². The van der Waals surface area contributed by atoms with Crippen LogP contribution in [0.1, 0.15) is 5.82 Å². The van der Waals surface area contributed by atoms with Crippen molar-refractivity contribution in [1.82, 2.24) is 9.55 Å². The van der Waals surface area contributed by atoms with E-state index >= 15 is 0 Å². The van der Waals surface area contributed by atoms with Crippen LogP contribution in [-0.2, 0) is 5.88 Å². The molecule has 0 fully saturated rings. The molecule has 0 saturated heterocycles. The second-order valence-electron chi connectivity index (χ2n) is 4.23. The summed E-state index contributed by atoms with van der Waals surface area (Å²) in [7, 11) is 0. The van der Waals surface area contributed by atoms with E-state index in [-0.39, 0.29) is 11.7 Å². The lowest BCUT2D eigenvalue weighted by molar-refractivity contribution is 0.629. The van der Waals surface area contributed by atoms with Crippen molar-refractivity contribution in [3.05, 3.63) is 56.6 Å². The first-order valence-corrected chi connectivity index (χ1v) is 7.77. The lowest BCUT2D eigenvalue weighted by atomic mass is 10.2. The minimum Gasteiger partial charge on any atom is -0.294 e. The fourth-order valence-electron chi connectivity index (χ4n) is 2.12. The molecule has 0 aliphatic carbocycles. The van der Waals surface area contributed by atoms with Crippen molar-refractivity contribution in [3.8, 4) is 5.69 Å². The lowest BCUT2D eigenvalue weighted by Crippen LogP contribution is -2.00. The van der Waals surface area contributed by atoms with Gasteiger partial charge in [0.2, 0.25) is 0 Å². The molecule has 0 saturated carbocycles. The van der Waals surface area contributed by atoms with Gasteiger partial charge in [-0.15, -0.1) is 11.6 Å². The van der Waals surface area contributed by atoms with Gasteiger partial charge in [0.25, 0.3) is 0 Å². The molecule has 0 aliphatic heterocycles. The quantitative estimate of drug-likeness (QED) is 0.413. The fraction of sp³-hybridized carbons (Fsp3) is 0.0714. The molecule has 20 heavy (non-hydrogen) atoms. The summed E-state index contributed by atoms with van der Waals surface area (Å²) >= 11 is 14.5. The maximum Gasteiger partial charge on any atom is 0.129 e. The lowest BCUT2D eigenvalue weighted by Gasteiger charge is -2.10. The molecule has 0 N–H and O–H groups in total. The molecular formula is C14H8Cl2FIN2. The van der Waals surface area contributed by atoms with E-state index in [2.05, 4.69) is 27.6 Å². The number of imidazole rings is 1. The molecule has 6 heteroatoms. The average molecular weight is 421 g/mol. The Bertz CT molecular complexity index is 801. The van der Waals surface area contributed by atoms with Gasteiger partial charge in [-0.3, -0.25) is 4.57 Å². The summed E-state index contributed by atoms with van der Waals surface area (Å²) in [5.74, 6) is 0.533. The zero-order chi connectivity index (χ0) is 14.3. The third-order valence-electron chi connectivity index (χ3n) is 2.96. The van der Waals surface area contributed by atoms with E-state index in [4.69, 9.17) is 23.2 Å². The van der Waals surface area contributed by atoms with Crippen LogP contribution in [0.25, 0.3) is 16.7 Å². The van der Waals surface area contributed by atoms with Crippen molar-refractivity contribution in [1.29, 1.82) is 0 Å². The predicted molar refractivity (Wildman–Crippen MR) is 88.3 cm³/mol. The van der Waals surface area contributed by atoms with Crippen LogP contribution in [-0.4, -0.2) is 9.55 Å². The molecule has 3 rings (SSSR count). The van der Waals surface area contributed by atoms with Gasteiger partial charge in [0.1, 0.15) is 11.6 Å². The van der Waals surface area contributed by atoms with Crippen LogP contribution in [0.5, 0.6) is 0 Å². The topological polar surface area (TPSA) is 17.8 Å². The summed E-state index contributed by atoms with van der Waals surface area (Å²) in [5.41, 5.74) is 2.14. The summed E-state index contributed by atoms with van der Waals surface area (Å²) in [6.07, 6.45) is 0. The Kier molecular flexibility index (Phi) is 3.88. The predicted octanol–water partition coefficient (Wildman–Crippen LogP) is 5.16. The number of nitrogens with zero attached hydrogens (tertiary/aromatic N) is 2. The number of fused-ring (bicyclic) bond motifs is 1. The molecule has 0 radical (unpaired) electrons. The molecule has 1 heterocycles. The molecular weight excluding hydrogens is 413 g/mol. The standard InChI is InChI=1S/C14H8Cl2FIN2/c15-7-14-19-11-5-8(17)1-3-13(11)20(14)12-4-2-9(18)6-10(12)16/h1-6H,7H2. The summed E-state index contributed by atoms with van der Waals surface area (Å²) in [5, 5.41) is 0.604. The van der Waals surface area contributed by atoms with Gasteiger partial charge in [0.05, 0.1) is 27.6 Å². The molecule has 2 nitrogen and oxygen atoms in total. The summed E-state index contributed by atoms with van der Waals surface area (Å²) in [4.78, 5) is 4.36. The molecule has 0 bridgehead atoms. The van der Waals surface area contributed by atoms with Gasteiger partial charge >= 0.3 is 0 Å². The Morgan fingerprint density at radius 1 is 1.20 bits per heavy atom. The van der Waals surface area contributed by atoms with E-state index in [9.17, 15) is 4.39 Å². The number of hydrogen-bond donors (Lipinski definition) is 0. The molecule has 2 aromatic carbocycles. The largest absolute Gasteiger partial charge is 0.294 e. The Hall–Kier alpha value is -0.850. The van der Waals surface area contributed by atoms with Crippen LogP contribution >= 0.6 is 45.8 Å². The van der Waals surface area contributed by atoms with Gasteiger partial charge < -0.3 is 0 Å². The number of rotatable bonds is 2. The van der Waals surface area contributed by atoms with Gasteiger partial charge in [0, 0.05) is 9.64 Å². The molecule has 1 aromatic heterocycles. The van der Waals surface area contributed by atoms with E-state index in [0.29, 0.717) is 16.4 Å². The molecule has 102 valence electrons. The first kappa shape index (κ1) is 14.1. The Morgan fingerprint density at radius 3 is 2.70 bits per heavy atom. The fourth-order valence-corrected chi connectivity index (χ4v) is 3.24. The smallest absolute Gasteiger partial charge is 0.129 e. The highest BCUT2D eigenvalue weighted by atomic mass is 127. The average Bonchev–Trinajstić information content (AvgIpc) is 2.76. The van der Waals surface area contributed by atoms with Crippen LogP contribution in [0.15, 0.2) is 36.4 Å². The molecule has 0 spiro atoms. The second-order valence-corrected chi connectivity index (χ2v) is 6.15. The first-order chi connectivity index (χ1) is 9.60. The Morgan fingerprint density at radius 2 is 2.00 bits per heavy atom. The monoisotopic (exact) mass is 420 g/mol. The summed E-state index contributed by atoms with van der Waals surface area (Å²) < 4.78 is 16.2. The number of hydrogen-bond acceptors (Lipinski definition) is 1. The number of alkyl halides is 1. The highest BCUT2D eigenvalue weighted by molar-refractivity contribution is 14.1. The zero-order valence-corrected chi connectivity index (χ0v) is 13.7. The van der Waals surface area contributed by atoms with Crippen molar-refractivity contribution < 1.29 is 4.39 Å².